The van der Waals surface area contributed by atoms with E-state index in [1.807, 2.05) is 0 Å². The SMILES string of the molecule is COC(=O)c1c(C)[nH]c(C(=O)N2CCN(S(=O)(=O)c3ccc(F)c(Cl)c3)CC2)c1C. The molecule has 3 rings (SSSR count). The van der Waals surface area contributed by atoms with Gasteiger partial charge < -0.3 is 14.6 Å². The number of halogens is 2. The van der Waals surface area contributed by atoms with Crippen molar-refractivity contribution in [2.45, 2.75) is 18.7 Å². The number of methoxy groups -OCH3 is 1. The first-order chi connectivity index (χ1) is 14.1. The summed E-state index contributed by atoms with van der Waals surface area (Å²) in [5, 5.41) is -0.274. The fraction of sp³-hybridized carbons (Fsp3) is 0.368. The number of carbonyl (C=O) groups is 2. The van der Waals surface area contributed by atoms with E-state index in [4.69, 9.17) is 16.3 Å². The first-order valence-corrected chi connectivity index (χ1v) is 10.9. The van der Waals surface area contributed by atoms with E-state index in [1.54, 1.807) is 13.8 Å². The van der Waals surface area contributed by atoms with E-state index >= 15 is 0 Å². The number of benzene rings is 1. The van der Waals surface area contributed by atoms with Gasteiger partial charge in [-0.1, -0.05) is 11.6 Å². The van der Waals surface area contributed by atoms with Gasteiger partial charge in [-0.25, -0.2) is 17.6 Å². The van der Waals surface area contributed by atoms with Crippen LogP contribution in [0.5, 0.6) is 0 Å². The number of aryl methyl sites for hydroxylation is 1. The molecule has 1 amide bonds. The fourth-order valence-electron chi connectivity index (χ4n) is 3.45. The Labute approximate surface area is 178 Å². The lowest BCUT2D eigenvalue weighted by atomic mass is 10.1. The number of ether oxygens (including phenoxy) is 1. The number of aromatic amines is 1. The van der Waals surface area contributed by atoms with Crippen LogP contribution in [0.15, 0.2) is 23.1 Å². The number of hydrogen-bond donors (Lipinski definition) is 1. The molecule has 30 heavy (non-hydrogen) atoms. The molecule has 0 bridgehead atoms. The third-order valence-corrected chi connectivity index (χ3v) is 7.28. The van der Waals surface area contributed by atoms with Crippen LogP contribution in [-0.2, 0) is 14.8 Å². The van der Waals surface area contributed by atoms with Crippen LogP contribution in [0.1, 0.15) is 32.1 Å². The summed E-state index contributed by atoms with van der Waals surface area (Å²) >= 11 is 5.71. The number of nitrogens with one attached hydrogen (secondary N) is 1. The average molecular weight is 458 g/mol. The molecule has 0 atom stereocenters. The van der Waals surface area contributed by atoms with Crippen molar-refractivity contribution in [2.75, 3.05) is 33.3 Å². The van der Waals surface area contributed by atoms with Crippen LogP contribution in [0.25, 0.3) is 0 Å². The van der Waals surface area contributed by atoms with E-state index in [2.05, 4.69) is 4.98 Å². The number of esters is 1. The number of H-pyrrole nitrogens is 1. The van der Waals surface area contributed by atoms with E-state index in [1.165, 1.54) is 16.3 Å². The maximum absolute atomic E-state index is 13.3. The Balaban J connectivity index is 1.75. The van der Waals surface area contributed by atoms with Crippen LogP contribution in [0, 0.1) is 19.7 Å². The second-order valence-corrected chi connectivity index (χ2v) is 9.23. The summed E-state index contributed by atoms with van der Waals surface area (Å²) in [5.41, 5.74) is 1.60. The molecule has 11 heteroatoms. The summed E-state index contributed by atoms with van der Waals surface area (Å²) < 4.78 is 44.9. The molecule has 0 saturated carbocycles. The van der Waals surface area contributed by atoms with Gasteiger partial charge in [-0.3, -0.25) is 4.79 Å². The molecule has 0 radical (unpaired) electrons. The van der Waals surface area contributed by atoms with Gasteiger partial charge in [-0.2, -0.15) is 4.31 Å². The zero-order chi connectivity index (χ0) is 22.2. The predicted octanol–water partition coefficient (Wildman–Crippen LogP) is 2.36. The second-order valence-electron chi connectivity index (χ2n) is 6.89. The normalized spacial score (nSPS) is 15.3. The minimum atomic E-state index is -3.87. The van der Waals surface area contributed by atoms with Gasteiger partial charge in [0, 0.05) is 31.9 Å². The van der Waals surface area contributed by atoms with Crippen molar-refractivity contribution >= 4 is 33.5 Å². The predicted molar refractivity (Wildman–Crippen MR) is 108 cm³/mol. The molecule has 1 aliphatic heterocycles. The van der Waals surface area contributed by atoms with E-state index in [9.17, 15) is 22.4 Å². The highest BCUT2D eigenvalue weighted by atomic mass is 35.5. The third-order valence-electron chi connectivity index (χ3n) is 5.10. The molecule has 1 saturated heterocycles. The van der Waals surface area contributed by atoms with Gasteiger partial charge in [-0.05, 0) is 37.6 Å². The summed E-state index contributed by atoms with van der Waals surface area (Å²) in [6.45, 7) is 3.81. The van der Waals surface area contributed by atoms with Gasteiger partial charge in [0.05, 0.1) is 22.6 Å². The van der Waals surface area contributed by atoms with Crippen LogP contribution in [0.3, 0.4) is 0 Å². The van der Waals surface area contributed by atoms with Crippen molar-refractivity contribution in [3.63, 3.8) is 0 Å². The van der Waals surface area contributed by atoms with Crippen molar-refractivity contribution in [3.05, 3.63) is 51.6 Å². The van der Waals surface area contributed by atoms with Gasteiger partial charge in [0.15, 0.2) is 0 Å². The Hall–Kier alpha value is -2.43. The number of nitrogens with zero attached hydrogens (tertiary/aromatic N) is 2. The summed E-state index contributed by atoms with van der Waals surface area (Å²) in [7, 11) is -2.60. The molecule has 1 fully saturated rings. The monoisotopic (exact) mass is 457 g/mol. The third kappa shape index (κ3) is 3.94. The Morgan fingerprint density at radius 2 is 1.80 bits per heavy atom. The lowest BCUT2D eigenvalue weighted by Crippen LogP contribution is -2.50. The first kappa shape index (κ1) is 22.3. The van der Waals surface area contributed by atoms with E-state index in [0.29, 0.717) is 16.8 Å². The van der Waals surface area contributed by atoms with Gasteiger partial charge in [-0.15, -0.1) is 0 Å². The molecule has 2 aromatic rings. The van der Waals surface area contributed by atoms with Crippen LogP contribution < -0.4 is 0 Å². The van der Waals surface area contributed by atoms with Gasteiger partial charge in [0.1, 0.15) is 11.5 Å². The number of rotatable bonds is 4. The Morgan fingerprint density at radius 1 is 1.17 bits per heavy atom. The van der Waals surface area contributed by atoms with Crippen LogP contribution in [0.4, 0.5) is 4.39 Å². The largest absolute Gasteiger partial charge is 0.465 e. The van der Waals surface area contributed by atoms with Crippen LogP contribution in [0.2, 0.25) is 5.02 Å². The topological polar surface area (TPSA) is 99.8 Å². The zero-order valence-electron chi connectivity index (χ0n) is 16.7. The zero-order valence-corrected chi connectivity index (χ0v) is 18.2. The molecule has 162 valence electrons. The van der Waals surface area contributed by atoms with Crippen molar-refractivity contribution < 1.29 is 27.1 Å². The summed E-state index contributed by atoms with van der Waals surface area (Å²) in [6, 6.07) is 3.24. The van der Waals surface area contributed by atoms with Gasteiger partial charge in [0.2, 0.25) is 10.0 Å². The number of amides is 1. The van der Waals surface area contributed by atoms with Crippen LogP contribution in [-0.4, -0.2) is 67.8 Å². The smallest absolute Gasteiger partial charge is 0.339 e. The fourth-order valence-corrected chi connectivity index (χ4v) is 5.14. The molecule has 8 nitrogen and oxygen atoms in total. The Morgan fingerprint density at radius 3 is 2.37 bits per heavy atom. The Bertz CT molecular complexity index is 1110. The average Bonchev–Trinajstić information content (AvgIpc) is 3.02. The van der Waals surface area contributed by atoms with E-state index in [-0.39, 0.29) is 47.7 Å². The van der Waals surface area contributed by atoms with Crippen molar-refractivity contribution in [1.29, 1.82) is 0 Å². The molecule has 0 spiro atoms. The molecule has 0 unspecified atom stereocenters. The first-order valence-electron chi connectivity index (χ1n) is 9.10. The van der Waals surface area contributed by atoms with Crippen molar-refractivity contribution in [1.82, 2.24) is 14.2 Å². The summed E-state index contributed by atoms with van der Waals surface area (Å²) in [4.78, 5) is 29.2. The number of hydrogen-bond acceptors (Lipinski definition) is 5. The highest BCUT2D eigenvalue weighted by molar-refractivity contribution is 7.89. The highest BCUT2D eigenvalue weighted by Gasteiger charge is 2.32. The Kier molecular flexibility index (Phi) is 6.21. The van der Waals surface area contributed by atoms with Crippen molar-refractivity contribution in [3.8, 4) is 0 Å². The summed E-state index contributed by atoms with van der Waals surface area (Å²) in [5.74, 6) is -1.56. The lowest BCUT2D eigenvalue weighted by Gasteiger charge is -2.34. The quantitative estimate of drug-likeness (QED) is 0.710. The number of sulfonamides is 1. The maximum Gasteiger partial charge on any atom is 0.339 e. The minimum Gasteiger partial charge on any atom is -0.465 e. The van der Waals surface area contributed by atoms with Crippen molar-refractivity contribution in [2.24, 2.45) is 0 Å². The number of piperazine rings is 1. The molecule has 1 aromatic heterocycles. The second kappa shape index (κ2) is 8.37. The summed E-state index contributed by atoms with van der Waals surface area (Å²) in [6.07, 6.45) is 0. The minimum absolute atomic E-state index is 0.0751. The molecule has 1 aromatic carbocycles. The molecular formula is C19H21ClFN3O5S. The molecule has 0 aliphatic carbocycles. The highest BCUT2D eigenvalue weighted by Crippen LogP contribution is 2.24. The van der Waals surface area contributed by atoms with E-state index in [0.717, 1.165) is 18.2 Å². The maximum atomic E-state index is 13.3. The molecular weight excluding hydrogens is 437 g/mol. The number of carbonyl (C=O) groups excluding carboxylic acids is 2. The molecule has 1 aliphatic rings. The van der Waals surface area contributed by atoms with Gasteiger partial charge in [0.25, 0.3) is 5.91 Å². The molecule has 1 N–H and O–H groups in total. The van der Waals surface area contributed by atoms with E-state index < -0.39 is 21.8 Å². The standard InChI is InChI=1S/C19H21ClFN3O5S/c1-11-16(19(26)29-3)12(2)22-17(11)18(25)23-6-8-24(9-7-23)30(27,28)13-4-5-15(21)14(20)10-13/h4-5,10,22H,6-9H2,1-3H3. The lowest BCUT2D eigenvalue weighted by molar-refractivity contribution is 0.0599. The van der Waals surface area contributed by atoms with Gasteiger partial charge >= 0.3 is 5.97 Å². The molecule has 2 heterocycles. The number of aromatic nitrogens is 1. The van der Waals surface area contributed by atoms with Crippen LogP contribution >= 0.6 is 11.6 Å².